The van der Waals surface area contributed by atoms with Gasteiger partial charge in [-0.15, -0.1) is 0 Å². The molecule has 0 aliphatic carbocycles. The van der Waals surface area contributed by atoms with Crippen molar-refractivity contribution in [1.29, 1.82) is 0 Å². The van der Waals surface area contributed by atoms with E-state index in [9.17, 15) is 0 Å². The fourth-order valence-electron chi connectivity index (χ4n) is 8.31. The molecule has 298 valence electrons. The second-order valence-electron chi connectivity index (χ2n) is 16.1. The van der Waals surface area contributed by atoms with Crippen molar-refractivity contribution < 1.29 is 18.7 Å². The second kappa shape index (κ2) is 27.6. The number of hydrogen-bond donors (Lipinski definition) is 0. The molecule has 0 aromatic heterocycles. The van der Waals surface area contributed by atoms with Gasteiger partial charge in [-0.1, -0.05) is 152 Å². The fourth-order valence-corrected chi connectivity index (χ4v) is 8.31. The summed E-state index contributed by atoms with van der Waals surface area (Å²) in [5.74, 6) is 2.74. The van der Waals surface area contributed by atoms with Gasteiger partial charge < -0.3 is 18.7 Å². The van der Waals surface area contributed by atoms with E-state index in [2.05, 4.69) is 107 Å². The molecule has 0 aliphatic rings. The third-order valence-electron chi connectivity index (χ3n) is 11.6. The van der Waals surface area contributed by atoms with Gasteiger partial charge in [0.2, 0.25) is 0 Å². The zero-order chi connectivity index (χ0) is 38.6. The minimum Gasteiger partial charge on any atom is -0.497 e. The first kappa shape index (κ1) is 46.2. The van der Waals surface area contributed by atoms with Crippen LogP contribution in [0.5, 0.6) is 17.2 Å². The Labute approximate surface area is 327 Å². The third-order valence-corrected chi connectivity index (χ3v) is 11.6. The molecule has 0 aliphatic heterocycles. The molecule has 5 heteroatoms. The Morgan fingerprint density at radius 3 is 0.943 bits per heavy atom. The largest absolute Gasteiger partial charge is 0.497 e. The van der Waals surface area contributed by atoms with E-state index in [4.69, 9.17) is 14.2 Å². The standard InChI is InChI=1S/C32H44BO3.C16H36N/c1-5-6-7-8-9-10-23-33(24-27-11-17-30(34-2)18-12-27,25-28-13-19-31(35-3)20-14-28)26-29-15-21-32(36-4)22-16-29;1-5-9-13-17(14-10-6-2,15-11-7-3)16-12-8-4/h11-22H,5-10,23-26H2,1-4H3;5-16H2,1-4H3/q-1;+1. The number of benzene rings is 3. The summed E-state index contributed by atoms with van der Waals surface area (Å²) in [4.78, 5) is 0. The lowest BCUT2D eigenvalue weighted by Gasteiger charge is -2.41. The van der Waals surface area contributed by atoms with Crippen molar-refractivity contribution in [2.45, 2.75) is 150 Å². The monoisotopic (exact) mass is 730 g/mol. The summed E-state index contributed by atoms with van der Waals surface area (Å²) in [6.07, 6.45) is 22.8. The number of methoxy groups -OCH3 is 3. The summed E-state index contributed by atoms with van der Waals surface area (Å²) < 4.78 is 17.7. The molecule has 0 radical (unpaired) electrons. The molecule has 4 nitrogen and oxygen atoms in total. The molecule has 0 heterocycles. The van der Waals surface area contributed by atoms with Crippen molar-refractivity contribution in [2.75, 3.05) is 47.5 Å². The number of unbranched alkanes of at least 4 members (excludes halogenated alkanes) is 9. The highest BCUT2D eigenvalue weighted by Gasteiger charge is 2.27. The molecule has 0 saturated heterocycles. The van der Waals surface area contributed by atoms with Crippen LogP contribution in [0.15, 0.2) is 72.8 Å². The van der Waals surface area contributed by atoms with E-state index < -0.39 is 6.15 Å². The Balaban J connectivity index is 0.000000482. The van der Waals surface area contributed by atoms with E-state index in [1.54, 1.807) is 21.3 Å². The molecular formula is C48H80BNO3. The van der Waals surface area contributed by atoms with Crippen LogP contribution in [0.25, 0.3) is 0 Å². The molecule has 0 fully saturated rings. The SMILES string of the molecule is CCCCCCCC[B-](Cc1ccc(OC)cc1)(Cc1ccc(OC)cc1)Cc1ccc(OC)cc1.CCCC[N+](CCCC)(CCCC)CCCC. The highest BCUT2D eigenvalue weighted by Crippen LogP contribution is 2.31. The Hall–Kier alpha value is -2.92. The van der Waals surface area contributed by atoms with Gasteiger partial charge in [0.15, 0.2) is 0 Å². The summed E-state index contributed by atoms with van der Waals surface area (Å²) in [6.45, 7) is 17.3. The van der Waals surface area contributed by atoms with Gasteiger partial charge in [0.05, 0.1) is 47.5 Å². The lowest BCUT2D eigenvalue weighted by Crippen LogP contribution is -2.50. The van der Waals surface area contributed by atoms with E-state index in [0.717, 1.165) is 36.2 Å². The Kier molecular flexibility index (Phi) is 24.1. The van der Waals surface area contributed by atoms with Crippen LogP contribution in [0.3, 0.4) is 0 Å². The van der Waals surface area contributed by atoms with Crippen LogP contribution in [0.4, 0.5) is 0 Å². The molecule has 3 aromatic rings. The molecule has 0 unspecified atom stereocenters. The van der Waals surface area contributed by atoms with Crippen LogP contribution < -0.4 is 14.2 Å². The molecule has 0 spiro atoms. The lowest BCUT2D eigenvalue weighted by atomic mass is 9.16. The van der Waals surface area contributed by atoms with Crippen molar-refractivity contribution in [2.24, 2.45) is 0 Å². The van der Waals surface area contributed by atoms with Crippen LogP contribution in [0, 0.1) is 0 Å². The molecule has 0 bridgehead atoms. The van der Waals surface area contributed by atoms with Gasteiger partial charge in [-0.25, -0.2) is 0 Å². The molecule has 3 aromatic carbocycles. The van der Waals surface area contributed by atoms with Gasteiger partial charge in [-0.3, -0.25) is 0 Å². The van der Waals surface area contributed by atoms with Gasteiger partial charge >= 0.3 is 0 Å². The number of nitrogens with zero attached hydrogens (tertiary/aromatic N) is 1. The number of hydrogen-bond acceptors (Lipinski definition) is 3. The fraction of sp³-hybridized carbons (Fsp3) is 0.625. The summed E-state index contributed by atoms with van der Waals surface area (Å²) in [5, 5.41) is 0. The molecule has 3 rings (SSSR count). The van der Waals surface area contributed by atoms with E-state index in [1.807, 2.05) is 0 Å². The van der Waals surface area contributed by atoms with Gasteiger partial charge in [0.1, 0.15) is 17.2 Å². The summed E-state index contributed by atoms with van der Waals surface area (Å²) >= 11 is 0. The smallest absolute Gasteiger partial charge is 0.118 e. The lowest BCUT2D eigenvalue weighted by molar-refractivity contribution is -0.929. The van der Waals surface area contributed by atoms with Crippen molar-refractivity contribution in [3.05, 3.63) is 89.5 Å². The first-order chi connectivity index (χ1) is 25.8. The van der Waals surface area contributed by atoms with Crippen molar-refractivity contribution in [1.82, 2.24) is 0 Å². The van der Waals surface area contributed by atoms with Crippen LogP contribution in [-0.2, 0) is 19.0 Å². The van der Waals surface area contributed by atoms with Gasteiger partial charge in [0, 0.05) is 6.15 Å². The average Bonchev–Trinajstić information content (AvgIpc) is 3.20. The number of quaternary nitrogens is 1. The summed E-state index contributed by atoms with van der Waals surface area (Å²) in [5.41, 5.74) is 4.18. The Morgan fingerprint density at radius 1 is 0.377 bits per heavy atom. The first-order valence-electron chi connectivity index (χ1n) is 21.8. The number of rotatable bonds is 28. The molecule has 0 N–H and O–H groups in total. The van der Waals surface area contributed by atoms with E-state index >= 15 is 0 Å². The molecule has 0 saturated carbocycles. The van der Waals surface area contributed by atoms with Crippen LogP contribution in [0.2, 0.25) is 6.32 Å². The molecular weight excluding hydrogens is 649 g/mol. The van der Waals surface area contributed by atoms with Crippen molar-refractivity contribution >= 4 is 6.15 Å². The maximum absolute atomic E-state index is 5.43. The highest BCUT2D eigenvalue weighted by atomic mass is 16.5. The predicted octanol–water partition coefficient (Wildman–Crippen LogP) is 13.2. The van der Waals surface area contributed by atoms with E-state index in [-0.39, 0.29) is 0 Å². The van der Waals surface area contributed by atoms with E-state index in [1.165, 1.54) is 144 Å². The number of ether oxygens (including phenoxy) is 3. The minimum atomic E-state index is -0.744. The van der Waals surface area contributed by atoms with Crippen molar-refractivity contribution in [3.63, 3.8) is 0 Å². The normalized spacial score (nSPS) is 11.5. The Bertz CT molecular complexity index is 1130. The zero-order valence-electron chi connectivity index (χ0n) is 35.7. The van der Waals surface area contributed by atoms with Crippen LogP contribution >= 0.6 is 0 Å². The zero-order valence-corrected chi connectivity index (χ0v) is 35.7. The maximum Gasteiger partial charge on any atom is 0.118 e. The molecule has 53 heavy (non-hydrogen) atoms. The van der Waals surface area contributed by atoms with Gasteiger partial charge in [0.25, 0.3) is 0 Å². The first-order valence-corrected chi connectivity index (χ1v) is 21.8. The maximum atomic E-state index is 5.43. The predicted molar refractivity (Wildman–Crippen MR) is 233 cm³/mol. The third kappa shape index (κ3) is 18.3. The average molecular weight is 730 g/mol. The Morgan fingerprint density at radius 2 is 0.660 bits per heavy atom. The molecule has 0 amide bonds. The highest BCUT2D eigenvalue weighted by molar-refractivity contribution is 6.78. The van der Waals surface area contributed by atoms with Gasteiger partial charge in [-0.05, 0) is 62.1 Å². The van der Waals surface area contributed by atoms with Crippen molar-refractivity contribution in [3.8, 4) is 17.2 Å². The van der Waals surface area contributed by atoms with Crippen LogP contribution in [-0.4, -0.2) is 58.1 Å². The topological polar surface area (TPSA) is 27.7 Å². The second-order valence-corrected chi connectivity index (χ2v) is 16.1. The summed E-state index contributed by atoms with van der Waals surface area (Å²) in [7, 11) is 5.19. The van der Waals surface area contributed by atoms with E-state index in [0.29, 0.717) is 0 Å². The quantitative estimate of drug-likeness (QED) is 0.0423. The minimum absolute atomic E-state index is 0.744. The summed E-state index contributed by atoms with van der Waals surface area (Å²) in [6, 6.07) is 26.1. The van der Waals surface area contributed by atoms with Gasteiger partial charge in [-0.2, -0.15) is 25.3 Å². The molecule has 0 atom stereocenters. The van der Waals surface area contributed by atoms with Crippen LogP contribution in [0.1, 0.15) is 141 Å².